The minimum atomic E-state index is -0.398. The second-order valence-corrected chi connectivity index (χ2v) is 8.23. The molecule has 0 amide bonds. The van der Waals surface area contributed by atoms with Crippen molar-refractivity contribution in [3.63, 3.8) is 0 Å². The van der Waals surface area contributed by atoms with Gasteiger partial charge < -0.3 is 9.47 Å². The fourth-order valence-corrected chi connectivity index (χ4v) is 4.92. The molecule has 6 unspecified atom stereocenters. The second kappa shape index (κ2) is 7.78. The number of ether oxygens (including phenoxy) is 2. The van der Waals surface area contributed by atoms with Crippen LogP contribution >= 0.6 is 0 Å². The third kappa shape index (κ3) is 3.56. The number of rotatable bonds is 4. The van der Waals surface area contributed by atoms with Crippen LogP contribution in [-0.4, -0.2) is 24.1 Å². The Morgan fingerprint density at radius 2 is 1.04 bits per heavy atom. The molecule has 3 fully saturated rings. The van der Waals surface area contributed by atoms with Crippen molar-refractivity contribution in [1.82, 2.24) is 0 Å². The lowest BCUT2D eigenvalue weighted by molar-refractivity contribution is -0.156. The third-order valence-electron chi connectivity index (χ3n) is 6.42. The molecule has 0 N–H and O–H groups in total. The molecule has 0 aromatic heterocycles. The van der Waals surface area contributed by atoms with Crippen molar-refractivity contribution in [2.45, 2.75) is 38.9 Å². The molecule has 3 aliphatic rings. The maximum atomic E-state index is 12.7. The zero-order valence-electron chi connectivity index (χ0n) is 16.3. The average Bonchev–Trinajstić information content (AvgIpc) is 2.72. The van der Waals surface area contributed by atoms with E-state index in [0.717, 1.165) is 12.8 Å². The Hall–Kier alpha value is -2.62. The normalized spacial score (nSPS) is 31.2. The molecule has 2 aromatic carbocycles. The van der Waals surface area contributed by atoms with E-state index in [1.807, 2.05) is 36.4 Å². The highest BCUT2D eigenvalue weighted by Crippen LogP contribution is 2.50. The minimum Gasteiger partial charge on any atom is -0.455 e. The van der Waals surface area contributed by atoms with E-state index in [0.29, 0.717) is 23.0 Å². The molecule has 4 nitrogen and oxygen atoms in total. The summed E-state index contributed by atoms with van der Waals surface area (Å²) in [5.74, 6) is 0.614. The number of hydrogen-bond donors (Lipinski definition) is 0. The van der Waals surface area contributed by atoms with E-state index in [1.54, 1.807) is 24.3 Å². The standard InChI is InChI=1S/C24H26O4/c1-15-13-20-16(2)14-19(15)21(27-23(25)17-9-5-3-6-10-17)22(20)28-24(26)18-11-7-4-8-12-18/h3-12,15-16,19-22H,13-14H2,1-2H3. The molecule has 146 valence electrons. The van der Waals surface area contributed by atoms with E-state index in [-0.39, 0.29) is 23.8 Å². The van der Waals surface area contributed by atoms with Crippen LogP contribution in [0.3, 0.4) is 0 Å². The average molecular weight is 378 g/mol. The molecule has 3 saturated carbocycles. The van der Waals surface area contributed by atoms with Crippen LogP contribution in [0.15, 0.2) is 60.7 Å². The van der Waals surface area contributed by atoms with Gasteiger partial charge >= 0.3 is 11.9 Å². The van der Waals surface area contributed by atoms with E-state index in [4.69, 9.17) is 9.47 Å². The topological polar surface area (TPSA) is 52.6 Å². The van der Waals surface area contributed by atoms with Gasteiger partial charge in [-0.1, -0.05) is 50.2 Å². The van der Waals surface area contributed by atoms with Crippen molar-refractivity contribution in [3.05, 3.63) is 71.8 Å². The van der Waals surface area contributed by atoms with Gasteiger partial charge in [0, 0.05) is 11.8 Å². The van der Waals surface area contributed by atoms with Gasteiger partial charge in [0.25, 0.3) is 0 Å². The SMILES string of the molecule is CC1CC2C(C)CC1C(OC(=O)c1ccccc1)C2OC(=O)c1ccccc1. The first-order valence-electron chi connectivity index (χ1n) is 10.1. The number of carbonyl (C=O) groups excluding carboxylic acids is 2. The van der Waals surface area contributed by atoms with Gasteiger partial charge in [-0.2, -0.15) is 0 Å². The van der Waals surface area contributed by atoms with E-state index in [1.165, 1.54) is 0 Å². The maximum absolute atomic E-state index is 12.7. The number of hydrogen-bond acceptors (Lipinski definition) is 4. The van der Waals surface area contributed by atoms with Crippen molar-refractivity contribution >= 4 is 11.9 Å². The highest BCUT2D eigenvalue weighted by atomic mass is 16.6. The quantitative estimate of drug-likeness (QED) is 0.721. The van der Waals surface area contributed by atoms with Gasteiger partial charge in [-0.05, 0) is 48.9 Å². The first kappa shape index (κ1) is 18.7. The Morgan fingerprint density at radius 3 is 1.39 bits per heavy atom. The lowest BCUT2D eigenvalue weighted by Gasteiger charge is -2.53. The first-order valence-corrected chi connectivity index (χ1v) is 10.1. The second-order valence-electron chi connectivity index (χ2n) is 8.23. The van der Waals surface area contributed by atoms with E-state index in [9.17, 15) is 9.59 Å². The van der Waals surface area contributed by atoms with E-state index in [2.05, 4.69) is 13.8 Å². The summed E-state index contributed by atoms with van der Waals surface area (Å²) in [6.07, 6.45) is 1.20. The number of benzene rings is 2. The molecular weight excluding hydrogens is 352 g/mol. The molecule has 0 aliphatic heterocycles. The highest BCUT2D eigenvalue weighted by Gasteiger charge is 2.54. The van der Waals surface area contributed by atoms with Gasteiger partial charge in [0.2, 0.25) is 0 Å². The van der Waals surface area contributed by atoms with Crippen LogP contribution < -0.4 is 0 Å². The Balaban J connectivity index is 1.58. The zero-order valence-corrected chi connectivity index (χ0v) is 16.3. The number of fused-ring (bicyclic) bond motifs is 3. The summed E-state index contributed by atoms with van der Waals surface area (Å²) in [7, 11) is 0. The van der Waals surface area contributed by atoms with Gasteiger partial charge in [0.1, 0.15) is 12.2 Å². The Bertz CT molecular complexity index is 761. The van der Waals surface area contributed by atoms with Gasteiger partial charge in [0.15, 0.2) is 0 Å². The van der Waals surface area contributed by atoms with Crippen LogP contribution in [0, 0.1) is 23.7 Å². The maximum Gasteiger partial charge on any atom is 0.338 e. The summed E-state index contributed by atoms with van der Waals surface area (Å²) in [5, 5.41) is 0. The molecule has 0 saturated heterocycles. The zero-order chi connectivity index (χ0) is 19.7. The predicted octanol–water partition coefficient (Wildman–Crippen LogP) is 4.75. The molecule has 0 radical (unpaired) electrons. The lowest BCUT2D eigenvalue weighted by atomic mass is 9.58. The molecule has 6 atom stereocenters. The summed E-state index contributed by atoms with van der Waals surface area (Å²) in [5.41, 5.74) is 1.05. The van der Waals surface area contributed by atoms with Crippen LogP contribution in [0.1, 0.15) is 47.4 Å². The van der Waals surface area contributed by atoms with Crippen LogP contribution in [-0.2, 0) is 9.47 Å². The van der Waals surface area contributed by atoms with Gasteiger partial charge in [-0.3, -0.25) is 0 Å². The van der Waals surface area contributed by atoms with Crippen molar-refractivity contribution < 1.29 is 19.1 Å². The van der Waals surface area contributed by atoms with Crippen LogP contribution in [0.25, 0.3) is 0 Å². The van der Waals surface area contributed by atoms with Crippen molar-refractivity contribution in [1.29, 1.82) is 0 Å². The van der Waals surface area contributed by atoms with Crippen LogP contribution in [0.2, 0.25) is 0 Å². The summed E-state index contributed by atoms with van der Waals surface area (Å²) < 4.78 is 11.9. The molecule has 2 bridgehead atoms. The molecule has 3 aliphatic carbocycles. The fourth-order valence-electron chi connectivity index (χ4n) is 4.92. The summed E-state index contributed by atoms with van der Waals surface area (Å²) in [4.78, 5) is 25.4. The summed E-state index contributed by atoms with van der Waals surface area (Å²) >= 11 is 0. The molecule has 5 rings (SSSR count). The van der Waals surface area contributed by atoms with Gasteiger partial charge in [-0.15, -0.1) is 0 Å². The summed E-state index contributed by atoms with van der Waals surface area (Å²) in [6.45, 7) is 4.42. The van der Waals surface area contributed by atoms with Crippen molar-refractivity contribution in [2.75, 3.05) is 0 Å². The Kier molecular flexibility index (Phi) is 5.21. The van der Waals surface area contributed by atoms with Gasteiger partial charge in [-0.25, -0.2) is 9.59 Å². The Labute approximate surface area is 165 Å². The monoisotopic (exact) mass is 378 g/mol. The van der Waals surface area contributed by atoms with Crippen molar-refractivity contribution in [3.8, 4) is 0 Å². The lowest BCUT2D eigenvalue weighted by Crippen LogP contribution is -2.57. The molecular formula is C24H26O4. The predicted molar refractivity (Wildman–Crippen MR) is 106 cm³/mol. The molecule has 2 aromatic rings. The number of carbonyl (C=O) groups is 2. The summed E-state index contributed by atoms with van der Waals surface area (Å²) in [6, 6.07) is 18.0. The molecule has 28 heavy (non-hydrogen) atoms. The third-order valence-corrected chi connectivity index (χ3v) is 6.42. The first-order chi connectivity index (χ1) is 13.5. The van der Waals surface area contributed by atoms with Gasteiger partial charge in [0.05, 0.1) is 11.1 Å². The molecule has 0 spiro atoms. The highest BCUT2D eigenvalue weighted by molar-refractivity contribution is 5.90. The fraction of sp³-hybridized carbons (Fsp3) is 0.417. The molecule has 4 heteroatoms. The van der Waals surface area contributed by atoms with Crippen LogP contribution in [0.4, 0.5) is 0 Å². The van der Waals surface area contributed by atoms with E-state index >= 15 is 0 Å². The largest absolute Gasteiger partial charge is 0.455 e. The smallest absolute Gasteiger partial charge is 0.338 e. The molecule has 0 heterocycles. The number of esters is 2. The van der Waals surface area contributed by atoms with Crippen LogP contribution in [0.5, 0.6) is 0 Å². The minimum absolute atomic E-state index is 0.209. The van der Waals surface area contributed by atoms with Crippen molar-refractivity contribution in [2.24, 2.45) is 23.7 Å². The van der Waals surface area contributed by atoms with E-state index < -0.39 is 12.2 Å². The Morgan fingerprint density at radius 1 is 0.679 bits per heavy atom.